The van der Waals surface area contributed by atoms with Gasteiger partial charge in [0, 0.05) is 0 Å². The van der Waals surface area contributed by atoms with E-state index in [1.165, 1.54) is 12.1 Å². The zero-order valence-electron chi connectivity index (χ0n) is 7.14. The van der Waals surface area contributed by atoms with Crippen molar-refractivity contribution in [3.63, 3.8) is 0 Å². The van der Waals surface area contributed by atoms with Crippen molar-refractivity contribution >= 4 is 15.9 Å². The minimum atomic E-state index is -4.74. The van der Waals surface area contributed by atoms with Crippen LogP contribution >= 0.6 is 15.9 Å². The maximum atomic E-state index is 12.3. The van der Waals surface area contributed by atoms with Crippen molar-refractivity contribution in [3.05, 3.63) is 28.5 Å². The summed E-state index contributed by atoms with van der Waals surface area (Å²) < 4.78 is 37.3. The molecule has 0 radical (unpaired) electrons. The van der Waals surface area contributed by atoms with Crippen LogP contribution in [0.15, 0.2) is 22.8 Å². The van der Waals surface area contributed by atoms with Crippen molar-refractivity contribution in [2.24, 2.45) is 0 Å². The summed E-state index contributed by atoms with van der Waals surface area (Å²) in [4.78, 5) is 3.56. The maximum absolute atomic E-state index is 12.3. The van der Waals surface area contributed by atoms with E-state index >= 15 is 0 Å². The minimum Gasteiger partial charge on any atom is -0.375 e. The molecule has 0 bridgehead atoms. The summed E-state index contributed by atoms with van der Waals surface area (Å²) in [6.07, 6.45) is -4.74. The van der Waals surface area contributed by atoms with Crippen LogP contribution < -0.4 is 0 Å². The lowest BCUT2D eigenvalue weighted by Crippen LogP contribution is -2.39. The fourth-order valence-corrected chi connectivity index (χ4v) is 1.17. The Morgan fingerprint density at radius 3 is 2.36 bits per heavy atom. The molecule has 6 heteroatoms. The third kappa shape index (κ3) is 2.06. The number of rotatable bonds is 1. The van der Waals surface area contributed by atoms with Crippen LogP contribution in [0.25, 0.3) is 0 Å². The van der Waals surface area contributed by atoms with E-state index in [9.17, 15) is 18.3 Å². The van der Waals surface area contributed by atoms with Gasteiger partial charge in [-0.15, -0.1) is 0 Å². The predicted octanol–water partition coefficient (Wildman–Crippen LogP) is 2.61. The second-order valence-corrected chi connectivity index (χ2v) is 3.73. The van der Waals surface area contributed by atoms with E-state index in [0.29, 0.717) is 6.92 Å². The molecule has 1 aromatic heterocycles. The average Bonchev–Trinajstić information content (AvgIpc) is 2.02. The number of aliphatic hydroxyl groups is 1. The molecule has 2 nitrogen and oxygen atoms in total. The molecule has 14 heavy (non-hydrogen) atoms. The molecule has 0 spiro atoms. The summed E-state index contributed by atoms with van der Waals surface area (Å²) in [5.41, 5.74) is -3.35. The monoisotopic (exact) mass is 269 g/mol. The molecule has 0 fully saturated rings. The second kappa shape index (κ2) is 3.51. The number of pyridine rings is 1. The van der Waals surface area contributed by atoms with Gasteiger partial charge >= 0.3 is 6.18 Å². The average molecular weight is 270 g/mol. The Kier molecular flexibility index (Phi) is 2.87. The van der Waals surface area contributed by atoms with Crippen molar-refractivity contribution in [1.29, 1.82) is 0 Å². The van der Waals surface area contributed by atoms with Gasteiger partial charge in [-0.1, -0.05) is 6.07 Å². The molecule has 0 saturated heterocycles. The van der Waals surface area contributed by atoms with Crippen LogP contribution in [-0.4, -0.2) is 16.3 Å². The zero-order valence-corrected chi connectivity index (χ0v) is 8.72. The summed E-state index contributed by atoms with van der Waals surface area (Å²) >= 11 is 2.93. The van der Waals surface area contributed by atoms with Crippen LogP contribution in [0.4, 0.5) is 13.2 Å². The van der Waals surface area contributed by atoms with E-state index in [-0.39, 0.29) is 4.60 Å². The standard InChI is InChI=1S/C8H7BrF3NO/c1-7(14,8(10,11)12)5-3-2-4-6(9)13-5/h2-4,14H,1H3. The lowest BCUT2D eigenvalue weighted by Gasteiger charge is -2.25. The van der Waals surface area contributed by atoms with Crippen LogP contribution in [0.5, 0.6) is 0 Å². The van der Waals surface area contributed by atoms with Crippen LogP contribution in [0.3, 0.4) is 0 Å². The van der Waals surface area contributed by atoms with E-state index in [1.54, 1.807) is 0 Å². The van der Waals surface area contributed by atoms with Crippen LogP contribution in [-0.2, 0) is 5.60 Å². The predicted molar refractivity (Wildman–Crippen MR) is 47.6 cm³/mol. The SMILES string of the molecule is CC(O)(c1cccc(Br)n1)C(F)(F)F. The minimum absolute atomic E-state index is 0.250. The highest BCUT2D eigenvalue weighted by Gasteiger charge is 2.52. The smallest absolute Gasteiger partial charge is 0.375 e. The topological polar surface area (TPSA) is 33.1 Å². The van der Waals surface area contributed by atoms with Crippen molar-refractivity contribution in [2.75, 3.05) is 0 Å². The van der Waals surface area contributed by atoms with Gasteiger partial charge in [-0.05, 0) is 35.0 Å². The molecular weight excluding hydrogens is 263 g/mol. The van der Waals surface area contributed by atoms with Crippen LogP contribution in [0.1, 0.15) is 12.6 Å². The first-order valence-electron chi connectivity index (χ1n) is 3.67. The molecule has 0 aliphatic carbocycles. The van der Waals surface area contributed by atoms with E-state index in [2.05, 4.69) is 20.9 Å². The van der Waals surface area contributed by atoms with Crippen LogP contribution in [0.2, 0.25) is 0 Å². The Labute approximate surface area is 86.9 Å². The van der Waals surface area contributed by atoms with Gasteiger partial charge in [-0.2, -0.15) is 13.2 Å². The summed E-state index contributed by atoms with van der Waals surface area (Å²) in [5.74, 6) is 0. The molecular formula is C8H7BrF3NO. The number of aromatic nitrogens is 1. The van der Waals surface area contributed by atoms with Gasteiger partial charge in [0.05, 0.1) is 5.69 Å². The van der Waals surface area contributed by atoms with Gasteiger partial charge in [-0.3, -0.25) is 0 Å². The van der Waals surface area contributed by atoms with E-state index < -0.39 is 17.5 Å². The van der Waals surface area contributed by atoms with Gasteiger partial charge in [-0.25, -0.2) is 4.98 Å². The Balaban J connectivity index is 3.16. The summed E-state index contributed by atoms with van der Waals surface area (Å²) in [6, 6.07) is 3.99. The van der Waals surface area contributed by atoms with Crippen molar-refractivity contribution in [3.8, 4) is 0 Å². The molecule has 1 rings (SSSR count). The normalized spacial score (nSPS) is 16.4. The summed E-state index contributed by atoms with van der Waals surface area (Å²) in [6.45, 7) is 0.668. The first kappa shape index (κ1) is 11.5. The fourth-order valence-electron chi connectivity index (χ4n) is 0.825. The van der Waals surface area contributed by atoms with Gasteiger partial charge in [0.15, 0.2) is 5.60 Å². The lowest BCUT2D eigenvalue weighted by molar-refractivity contribution is -0.260. The molecule has 1 atom stereocenters. The molecule has 0 aliphatic heterocycles. The summed E-state index contributed by atoms with van der Waals surface area (Å²) in [7, 11) is 0. The third-order valence-corrected chi connectivity index (χ3v) is 2.21. The Morgan fingerprint density at radius 1 is 1.36 bits per heavy atom. The molecule has 78 valence electrons. The fraction of sp³-hybridized carbons (Fsp3) is 0.375. The molecule has 1 N–H and O–H groups in total. The number of nitrogens with zero attached hydrogens (tertiary/aromatic N) is 1. The van der Waals surface area contributed by atoms with Gasteiger partial charge in [0.1, 0.15) is 4.60 Å². The summed E-state index contributed by atoms with van der Waals surface area (Å²) in [5, 5.41) is 9.24. The highest BCUT2D eigenvalue weighted by atomic mass is 79.9. The number of hydrogen-bond donors (Lipinski definition) is 1. The zero-order chi connectivity index (χ0) is 11.0. The molecule has 0 saturated carbocycles. The molecule has 0 amide bonds. The van der Waals surface area contributed by atoms with E-state index in [1.807, 2.05) is 0 Å². The second-order valence-electron chi connectivity index (χ2n) is 2.92. The van der Waals surface area contributed by atoms with Crippen molar-refractivity contribution in [1.82, 2.24) is 4.98 Å². The Hall–Kier alpha value is -0.620. The van der Waals surface area contributed by atoms with Crippen LogP contribution in [0, 0.1) is 0 Å². The highest BCUT2D eigenvalue weighted by molar-refractivity contribution is 9.10. The molecule has 1 heterocycles. The maximum Gasteiger partial charge on any atom is 0.422 e. The molecule has 1 aromatic rings. The van der Waals surface area contributed by atoms with Crippen molar-refractivity contribution < 1.29 is 18.3 Å². The van der Waals surface area contributed by atoms with E-state index in [4.69, 9.17) is 0 Å². The van der Waals surface area contributed by atoms with Crippen molar-refractivity contribution in [2.45, 2.75) is 18.7 Å². The largest absolute Gasteiger partial charge is 0.422 e. The quantitative estimate of drug-likeness (QED) is 0.796. The first-order chi connectivity index (χ1) is 6.25. The number of hydrogen-bond acceptors (Lipinski definition) is 2. The van der Waals surface area contributed by atoms with Gasteiger partial charge < -0.3 is 5.11 Å². The van der Waals surface area contributed by atoms with E-state index in [0.717, 1.165) is 6.07 Å². The van der Waals surface area contributed by atoms with Gasteiger partial charge in [0.2, 0.25) is 0 Å². The number of halogens is 4. The molecule has 0 aromatic carbocycles. The third-order valence-electron chi connectivity index (χ3n) is 1.77. The first-order valence-corrected chi connectivity index (χ1v) is 4.46. The Morgan fingerprint density at radius 2 is 1.93 bits per heavy atom. The Bertz CT molecular complexity index is 338. The molecule has 1 unspecified atom stereocenters. The lowest BCUT2D eigenvalue weighted by atomic mass is 10.0. The molecule has 0 aliphatic rings. The van der Waals surface area contributed by atoms with Gasteiger partial charge in [0.25, 0.3) is 0 Å². The number of alkyl halides is 3. The highest BCUT2D eigenvalue weighted by Crippen LogP contribution is 2.37.